The molecule has 0 saturated heterocycles. The first-order valence-corrected chi connectivity index (χ1v) is 14.7. The van der Waals surface area contributed by atoms with Gasteiger partial charge in [0, 0.05) is 31.8 Å². The van der Waals surface area contributed by atoms with Crippen LogP contribution in [0.4, 0.5) is 5.88 Å². The van der Waals surface area contributed by atoms with Gasteiger partial charge in [0.25, 0.3) is 5.56 Å². The topological polar surface area (TPSA) is 77.0 Å². The minimum Gasteiger partial charge on any atom is -0.463 e. The molecule has 2 aromatic carbocycles. The van der Waals surface area contributed by atoms with Crippen LogP contribution in [-0.4, -0.2) is 31.2 Å². The van der Waals surface area contributed by atoms with Crippen LogP contribution in [0.25, 0.3) is 11.8 Å². The van der Waals surface area contributed by atoms with Gasteiger partial charge in [-0.2, -0.15) is 0 Å². The molecule has 0 unspecified atom stereocenters. The van der Waals surface area contributed by atoms with E-state index in [9.17, 15) is 9.59 Å². The van der Waals surface area contributed by atoms with Gasteiger partial charge in [-0.15, -0.1) is 0 Å². The van der Waals surface area contributed by atoms with Crippen LogP contribution in [0.1, 0.15) is 55.2 Å². The van der Waals surface area contributed by atoms with Gasteiger partial charge in [-0.3, -0.25) is 9.36 Å². The lowest BCUT2D eigenvalue weighted by Crippen LogP contribution is -2.40. The largest absolute Gasteiger partial charge is 0.463 e. The first-order valence-electron chi connectivity index (χ1n) is 13.0. The lowest BCUT2D eigenvalue weighted by molar-refractivity contribution is -0.138. The van der Waals surface area contributed by atoms with Crippen molar-refractivity contribution in [2.75, 3.05) is 25.6 Å². The molecule has 3 heterocycles. The average molecular weight is 621 g/mol. The highest BCUT2D eigenvalue weighted by atomic mass is 79.9. The van der Waals surface area contributed by atoms with Crippen LogP contribution in [0.5, 0.6) is 0 Å². The van der Waals surface area contributed by atoms with E-state index in [2.05, 4.69) is 29.8 Å². The number of nitrogens with zero attached hydrogens (tertiary/aromatic N) is 3. The predicted molar refractivity (Wildman–Crippen MR) is 162 cm³/mol. The Hall–Kier alpha value is -3.69. The van der Waals surface area contributed by atoms with Crippen LogP contribution in [0.15, 0.2) is 84.9 Å². The van der Waals surface area contributed by atoms with E-state index in [1.54, 1.807) is 17.6 Å². The Morgan fingerprint density at radius 3 is 2.48 bits per heavy atom. The van der Waals surface area contributed by atoms with E-state index >= 15 is 0 Å². The molecule has 0 radical (unpaired) electrons. The summed E-state index contributed by atoms with van der Waals surface area (Å²) < 4.78 is 14.3. The third-order valence-electron chi connectivity index (χ3n) is 6.66. The molecule has 4 aromatic rings. The number of benzene rings is 2. The first kappa shape index (κ1) is 27.9. The van der Waals surface area contributed by atoms with Crippen molar-refractivity contribution in [3.8, 4) is 0 Å². The summed E-state index contributed by atoms with van der Waals surface area (Å²) in [4.78, 5) is 34.8. The summed E-state index contributed by atoms with van der Waals surface area (Å²) in [5, 5.41) is 0. The lowest BCUT2D eigenvalue weighted by Gasteiger charge is -2.26. The van der Waals surface area contributed by atoms with Crippen LogP contribution in [0.2, 0.25) is 0 Å². The molecule has 7 nitrogen and oxygen atoms in total. The van der Waals surface area contributed by atoms with E-state index in [0.717, 1.165) is 15.6 Å². The fraction of sp³-hybridized carbons (Fsp3) is 0.258. The van der Waals surface area contributed by atoms with Gasteiger partial charge in [0.1, 0.15) is 5.76 Å². The molecule has 1 atom stereocenters. The first-order chi connectivity index (χ1) is 19.2. The molecule has 1 aliphatic rings. The number of carbonyl (C=O) groups is 1. The van der Waals surface area contributed by atoms with Crippen molar-refractivity contribution in [1.82, 2.24) is 4.57 Å². The van der Waals surface area contributed by atoms with Crippen molar-refractivity contribution < 1.29 is 13.9 Å². The molecule has 0 spiro atoms. The molecule has 0 aliphatic carbocycles. The quantitative estimate of drug-likeness (QED) is 0.256. The van der Waals surface area contributed by atoms with Gasteiger partial charge < -0.3 is 14.1 Å². The van der Waals surface area contributed by atoms with Crippen molar-refractivity contribution in [3.05, 3.63) is 113 Å². The molecule has 0 fully saturated rings. The van der Waals surface area contributed by atoms with Crippen molar-refractivity contribution in [2.24, 2.45) is 4.99 Å². The summed E-state index contributed by atoms with van der Waals surface area (Å²) in [6.07, 6.45) is 1.72. The average Bonchev–Trinajstić information content (AvgIpc) is 3.47. The Morgan fingerprint density at radius 2 is 1.88 bits per heavy atom. The molecule has 1 aliphatic heterocycles. The van der Waals surface area contributed by atoms with Crippen LogP contribution >= 0.6 is 27.3 Å². The van der Waals surface area contributed by atoms with Gasteiger partial charge in [0.05, 0.1) is 32.9 Å². The molecule has 2 aromatic heterocycles. The van der Waals surface area contributed by atoms with E-state index in [1.165, 1.54) is 16.9 Å². The maximum absolute atomic E-state index is 14.0. The minimum atomic E-state index is -0.713. The normalized spacial score (nSPS) is 15.3. The molecule has 0 bridgehead atoms. The Balaban J connectivity index is 1.79. The SMILES string of the molecule is CCOC(=O)C1=C(c2ccccc2)N=c2s/c(=C/c3cc(Br)c(N(C)C)o3)c(=O)n2[C@@H]1c1ccc(C(C)C)cc1. The second-order valence-electron chi connectivity index (χ2n) is 9.95. The summed E-state index contributed by atoms with van der Waals surface area (Å²) in [7, 11) is 3.77. The molecule has 0 amide bonds. The maximum Gasteiger partial charge on any atom is 0.338 e. The van der Waals surface area contributed by atoms with E-state index in [4.69, 9.17) is 14.1 Å². The highest BCUT2D eigenvalue weighted by molar-refractivity contribution is 9.10. The van der Waals surface area contributed by atoms with Gasteiger partial charge in [-0.25, -0.2) is 9.79 Å². The fourth-order valence-electron chi connectivity index (χ4n) is 4.70. The number of halogens is 1. The van der Waals surface area contributed by atoms with Gasteiger partial charge in [-0.05, 0) is 39.9 Å². The minimum absolute atomic E-state index is 0.204. The summed E-state index contributed by atoms with van der Waals surface area (Å²) >= 11 is 4.79. The summed E-state index contributed by atoms with van der Waals surface area (Å²) in [5.41, 5.74) is 3.33. The standard InChI is InChI=1S/C31H30BrN3O4S/c1-6-38-30(37)25-26(20-10-8-7-9-11-20)33-31-35(27(25)21-14-12-19(13-15-21)18(2)3)28(36)24(40-31)17-22-16-23(32)29(39-22)34(4)5/h7-18,27H,6H2,1-5H3/b24-17+/t27-/m1/s1. The Morgan fingerprint density at radius 1 is 1.18 bits per heavy atom. The fourth-order valence-corrected chi connectivity index (χ4v) is 6.34. The van der Waals surface area contributed by atoms with E-state index in [0.29, 0.717) is 38.2 Å². The number of ether oxygens (including phenoxy) is 1. The van der Waals surface area contributed by atoms with Crippen LogP contribution in [0, 0.1) is 0 Å². The molecule has 40 heavy (non-hydrogen) atoms. The van der Waals surface area contributed by atoms with E-state index in [1.807, 2.05) is 79.7 Å². The van der Waals surface area contributed by atoms with E-state index < -0.39 is 12.0 Å². The Kier molecular flexibility index (Phi) is 7.96. The van der Waals surface area contributed by atoms with Gasteiger partial charge >= 0.3 is 5.97 Å². The number of rotatable bonds is 7. The highest BCUT2D eigenvalue weighted by Gasteiger charge is 2.35. The summed E-state index contributed by atoms with van der Waals surface area (Å²) in [6.45, 7) is 6.23. The van der Waals surface area contributed by atoms with Gasteiger partial charge in [-0.1, -0.05) is 79.8 Å². The van der Waals surface area contributed by atoms with Crippen LogP contribution < -0.4 is 19.8 Å². The predicted octanol–water partition coefficient (Wildman–Crippen LogP) is 5.48. The summed E-state index contributed by atoms with van der Waals surface area (Å²) in [5.74, 6) is 1.03. The molecule has 9 heteroatoms. The number of esters is 1. The number of hydrogen-bond donors (Lipinski definition) is 0. The zero-order valence-corrected chi connectivity index (χ0v) is 25.4. The molecular weight excluding hydrogens is 590 g/mol. The third-order valence-corrected chi connectivity index (χ3v) is 8.21. The second kappa shape index (κ2) is 11.4. The van der Waals surface area contributed by atoms with Crippen LogP contribution in [0.3, 0.4) is 0 Å². The smallest absolute Gasteiger partial charge is 0.338 e. The number of fused-ring (bicyclic) bond motifs is 1. The number of aromatic nitrogens is 1. The van der Waals surface area contributed by atoms with Crippen molar-refractivity contribution in [1.29, 1.82) is 0 Å². The number of hydrogen-bond acceptors (Lipinski definition) is 7. The third kappa shape index (κ3) is 5.23. The summed E-state index contributed by atoms with van der Waals surface area (Å²) in [6, 6.07) is 18.7. The molecule has 5 rings (SSSR count). The van der Waals surface area contributed by atoms with Crippen molar-refractivity contribution in [2.45, 2.75) is 32.7 Å². The number of anilines is 1. The van der Waals surface area contributed by atoms with Crippen LogP contribution in [-0.2, 0) is 9.53 Å². The zero-order valence-electron chi connectivity index (χ0n) is 23.0. The number of carbonyl (C=O) groups excluding carboxylic acids is 1. The second-order valence-corrected chi connectivity index (χ2v) is 11.8. The van der Waals surface area contributed by atoms with Gasteiger partial charge in [0.15, 0.2) is 4.80 Å². The van der Waals surface area contributed by atoms with Gasteiger partial charge in [0.2, 0.25) is 5.88 Å². The monoisotopic (exact) mass is 619 g/mol. The number of thiazole rings is 1. The molecular formula is C31H30BrN3O4S. The molecule has 0 N–H and O–H groups in total. The zero-order chi connectivity index (χ0) is 28.6. The highest BCUT2D eigenvalue weighted by Crippen LogP contribution is 2.36. The van der Waals surface area contributed by atoms with Crippen molar-refractivity contribution in [3.63, 3.8) is 0 Å². The molecule has 0 saturated carbocycles. The molecule has 206 valence electrons. The lowest BCUT2D eigenvalue weighted by atomic mass is 9.91. The number of furan rings is 1. The Labute approximate surface area is 244 Å². The van der Waals surface area contributed by atoms with Crippen molar-refractivity contribution >= 4 is 50.9 Å². The Bertz CT molecular complexity index is 1760. The van der Waals surface area contributed by atoms with E-state index in [-0.39, 0.29) is 12.2 Å². The maximum atomic E-state index is 14.0.